The number of hydrogen-bond acceptors (Lipinski definition) is 5. The molecule has 0 aliphatic carbocycles. The van der Waals surface area contributed by atoms with Gasteiger partial charge in [0, 0.05) is 22.0 Å². The summed E-state index contributed by atoms with van der Waals surface area (Å²) in [6.07, 6.45) is -0.670. The summed E-state index contributed by atoms with van der Waals surface area (Å²) in [6.45, 7) is 5.36. The van der Waals surface area contributed by atoms with Gasteiger partial charge in [-0.3, -0.25) is 9.80 Å². The molecule has 2 aromatic carbocycles. The van der Waals surface area contributed by atoms with Crippen molar-refractivity contribution in [1.82, 2.24) is 15.3 Å². The van der Waals surface area contributed by atoms with E-state index in [1.54, 1.807) is 23.2 Å². The molecule has 0 spiro atoms. The number of nitrogens with zero attached hydrogens (tertiary/aromatic N) is 2. The van der Waals surface area contributed by atoms with Crippen LogP contribution in [0.2, 0.25) is 10.0 Å². The first kappa shape index (κ1) is 25.3. The van der Waals surface area contributed by atoms with Gasteiger partial charge in [-0.25, -0.2) is 14.6 Å². The number of carboxylic acids is 1. The number of carbonyl (C=O) groups is 3. The molecule has 0 aromatic heterocycles. The zero-order valence-electron chi connectivity index (χ0n) is 19.6. The average molecular weight is 520 g/mol. The summed E-state index contributed by atoms with van der Waals surface area (Å²) >= 11 is 13.0. The van der Waals surface area contributed by atoms with Crippen molar-refractivity contribution in [3.8, 4) is 0 Å². The quantitative estimate of drug-likeness (QED) is 0.575. The molecule has 0 saturated carbocycles. The molecule has 2 aliphatic heterocycles. The number of carbonyl (C=O) groups excluding carboxylic acids is 2. The van der Waals surface area contributed by atoms with E-state index in [0.717, 1.165) is 5.56 Å². The number of hydrogen-bond donors (Lipinski definition) is 2. The molecule has 2 aromatic rings. The molecular weight excluding hydrogens is 493 g/mol. The van der Waals surface area contributed by atoms with E-state index >= 15 is 0 Å². The molecule has 2 saturated heterocycles. The third-order valence-corrected chi connectivity index (χ3v) is 7.35. The van der Waals surface area contributed by atoms with Gasteiger partial charge < -0.3 is 15.2 Å². The number of halogens is 2. The maximum absolute atomic E-state index is 13.7. The van der Waals surface area contributed by atoms with E-state index < -0.39 is 41.6 Å². The molecule has 10 heteroatoms. The Morgan fingerprint density at radius 3 is 2.34 bits per heavy atom. The van der Waals surface area contributed by atoms with Crippen LogP contribution in [0.15, 0.2) is 48.5 Å². The fraction of sp³-hybridized carbons (Fsp3) is 0.400. The third-order valence-electron chi connectivity index (χ3n) is 6.69. The molecule has 2 aliphatic rings. The Morgan fingerprint density at radius 2 is 1.77 bits per heavy atom. The first-order valence-electron chi connectivity index (χ1n) is 11.3. The third kappa shape index (κ3) is 4.46. The fourth-order valence-electron chi connectivity index (χ4n) is 5.05. The summed E-state index contributed by atoms with van der Waals surface area (Å²) in [6, 6.07) is 12.1. The minimum atomic E-state index is -1.55. The molecule has 2 heterocycles. The molecule has 2 amide bonds. The molecule has 4 atom stereocenters. The minimum Gasteiger partial charge on any atom is -0.479 e. The lowest BCUT2D eigenvalue weighted by molar-refractivity contribution is -0.164. The van der Waals surface area contributed by atoms with E-state index in [0.29, 0.717) is 15.6 Å². The normalized spacial score (nSPS) is 26.2. The van der Waals surface area contributed by atoms with E-state index in [1.807, 2.05) is 44.2 Å². The number of nitrogens with one attached hydrogen (secondary N) is 1. The van der Waals surface area contributed by atoms with Gasteiger partial charge in [0.2, 0.25) is 0 Å². The van der Waals surface area contributed by atoms with Gasteiger partial charge in [-0.05, 0) is 30.5 Å². The van der Waals surface area contributed by atoms with Gasteiger partial charge in [0.1, 0.15) is 12.6 Å². The van der Waals surface area contributed by atoms with Crippen molar-refractivity contribution in [3.63, 3.8) is 0 Å². The fourth-order valence-corrected chi connectivity index (χ4v) is 5.70. The highest BCUT2D eigenvalue weighted by Gasteiger charge is 2.65. The predicted octanol–water partition coefficient (Wildman–Crippen LogP) is 4.66. The van der Waals surface area contributed by atoms with Crippen molar-refractivity contribution in [2.45, 2.75) is 57.5 Å². The molecular formula is C25H27Cl2N3O5. The number of amides is 2. The van der Waals surface area contributed by atoms with Crippen molar-refractivity contribution in [2.24, 2.45) is 5.92 Å². The number of rotatable bonds is 6. The summed E-state index contributed by atoms with van der Waals surface area (Å²) in [7, 11) is 0. The summed E-state index contributed by atoms with van der Waals surface area (Å²) in [5.74, 6) is -1.81. The molecule has 35 heavy (non-hydrogen) atoms. The van der Waals surface area contributed by atoms with Crippen molar-refractivity contribution < 1.29 is 24.2 Å². The number of aliphatic carboxylic acids is 1. The molecule has 2 N–H and O–H groups in total. The zero-order valence-corrected chi connectivity index (χ0v) is 21.1. The van der Waals surface area contributed by atoms with E-state index in [4.69, 9.17) is 27.9 Å². The van der Waals surface area contributed by atoms with Crippen molar-refractivity contribution in [2.75, 3.05) is 0 Å². The molecule has 8 nitrogen and oxygen atoms in total. The molecule has 0 bridgehead atoms. The number of ether oxygens (including phenoxy) is 1. The Kier molecular flexibility index (Phi) is 6.99. The molecule has 4 rings (SSSR count). The SMILES string of the molecule is CC(C)[C@@H]1[C@@H](NC(=O)OCc2ccccc2)C(=O)N2N1[C@H](c1c(Cl)cccc1Cl)C[C@]2(C)C(=O)O. The van der Waals surface area contributed by atoms with Gasteiger partial charge in [-0.2, -0.15) is 0 Å². The van der Waals surface area contributed by atoms with Crippen LogP contribution >= 0.6 is 23.2 Å². The highest BCUT2D eigenvalue weighted by Crippen LogP contribution is 2.52. The van der Waals surface area contributed by atoms with Crippen LogP contribution in [-0.4, -0.2) is 50.7 Å². The molecule has 0 unspecified atom stereocenters. The van der Waals surface area contributed by atoms with Gasteiger partial charge in [-0.15, -0.1) is 0 Å². The second-order valence-electron chi connectivity index (χ2n) is 9.38. The number of carboxylic acid groups (broad SMARTS) is 1. The summed E-state index contributed by atoms with van der Waals surface area (Å²) in [4.78, 5) is 38.8. The van der Waals surface area contributed by atoms with Crippen LogP contribution in [0.5, 0.6) is 0 Å². The van der Waals surface area contributed by atoms with Crippen LogP contribution in [-0.2, 0) is 20.9 Å². The van der Waals surface area contributed by atoms with E-state index in [9.17, 15) is 19.5 Å². The van der Waals surface area contributed by atoms with Crippen LogP contribution in [0.3, 0.4) is 0 Å². The largest absolute Gasteiger partial charge is 0.479 e. The standard InChI is InChI=1S/C25H27Cl2N3O5/c1-14(2)21-20(28-24(34)35-13-15-8-5-4-6-9-15)22(31)30-25(3,23(32)33)12-18(29(21)30)19-16(26)10-7-11-17(19)27/h4-11,14,18,20-21H,12-13H2,1-3H3,(H,28,34)(H,32,33)/t18-,20+,21+,25+/m0/s1. The van der Waals surface area contributed by atoms with E-state index in [1.165, 1.54) is 11.9 Å². The Balaban J connectivity index is 1.68. The van der Waals surface area contributed by atoms with Crippen LogP contribution in [0.1, 0.15) is 44.4 Å². The van der Waals surface area contributed by atoms with Crippen LogP contribution < -0.4 is 5.32 Å². The topological polar surface area (TPSA) is 99.2 Å². The van der Waals surface area contributed by atoms with Gasteiger partial charge in [0.15, 0.2) is 5.54 Å². The lowest BCUT2D eigenvalue weighted by atomic mass is 9.88. The average Bonchev–Trinajstić information content (AvgIpc) is 3.26. The smallest absolute Gasteiger partial charge is 0.408 e. The maximum Gasteiger partial charge on any atom is 0.408 e. The van der Waals surface area contributed by atoms with Gasteiger partial charge in [0.05, 0.1) is 12.1 Å². The highest BCUT2D eigenvalue weighted by molar-refractivity contribution is 6.36. The summed E-state index contributed by atoms with van der Waals surface area (Å²) < 4.78 is 5.34. The summed E-state index contributed by atoms with van der Waals surface area (Å²) in [5, 5.41) is 16.6. The van der Waals surface area contributed by atoms with E-state index in [2.05, 4.69) is 5.32 Å². The zero-order chi connectivity index (χ0) is 25.5. The van der Waals surface area contributed by atoms with Crippen molar-refractivity contribution in [3.05, 3.63) is 69.7 Å². The highest BCUT2D eigenvalue weighted by atomic mass is 35.5. The molecule has 2 fully saturated rings. The van der Waals surface area contributed by atoms with Crippen LogP contribution in [0.4, 0.5) is 4.79 Å². The number of fused-ring (bicyclic) bond motifs is 1. The van der Waals surface area contributed by atoms with E-state index in [-0.39, 0.29) is 18.9 Å². The number of benzene rings is 2. The lowest BCUT2D eigenvalue weighted by Gasteiger charge is -2.36. The van der Waals surface area contributed by atoms with Gasteiger partial charge in [-0.1, -0.05) is 73.4 Å². The Morgan fingerprint density at radius 1 is 1.14 bits per heavy atom. The Hall–Kier alpha value is -2.81. The Labute approximate surface area is 213 Å². The van der Waals surface area contributed by atoms with Crippen LogP contribution in [0.25, 0.3) is 0 Å². The molecule has 0 radical (unpaired) electrons. The summed E-state index contributed by atoms with van der Waals surface area (Å²) in [5.41, 5.74) is -0.199. The lowest BCUT2D eigenvalue weighted by Crippen LogP contribution is -2.54. The second kappa shape index (κ2) is 9.68. The first-order chi connectivity index (χ1) is 16.6. The number of alkyl carbamates (subject to hydrolysis) is 1. The number of hydrazine groups is 1. The second-order valence-corrected chi connectivity index (χ2v) is 10.2. The minimum absolute atomic E-state index is 0.0397. The van der Waals surface area contributed by atoms with Crippen LogP contribution in [0, 0.1) is 5.92 Å². The van der Waals surface area contributed by atoms with Gasteiger partial charge >= 0.3 is 12.1 Å². The maximum atomic E-state index is 13.7. The van der Waals surface area contributed by atoms with Gasteiger partial charge in [0.25, 0.3) is 5.91 Å². The first-order valence-corrected chi connectivity index (χ1v) is 12.1. The predicted molar refractivity (Wildman–Crippen MR) is 131 cm³/mol. The molecule has 186 valence electrons. The van der Waals surface area contributed by atoms with Crippen molar-refractivity contribution >= 4 is 41.2 Å². The monoisotopic (exact) mass is 519 g/mol. The van der Waals surface area contributed by atoms with Crippen molar-refractivity contribution in [1.29, 1.82) is 0 Å². The Bertz CT molecular complexity index is 1120.